The van der Waals surface area contributed by atoms with Crippen LogP contribution in [0.1, 0.15) is 80.2 Å². The Balaban J connectivity index is 1.65. The molecule has 1 aromatic rings. The fourth-order valence-corrected chi connectivity index (χ4v) is 5.17. The second-order valence-electron chi connectivity index (χ2n) is 11.2. The summed E-state index contributed by atoms with van der Waals surface area (Å²) in [5.74, 6) is -0.336. The molecular weight excluding hydrogens is 386 g/mol. The monoisotopic (exact) mass is 424 g/mol. The molecule has 8 heteroatoms. The van der Waals surface area contributed by atoms with Crippen molar-refractivity contribution in [2.45, 2.75) is 116 Å². The van der Waals surface area contributed by atoms with E-state index in [4.69, 9.17) is 13.7 Å². The predicted octanol–water partition coefficient (Wildman–Crippen LogP) is 4.83. The Morgan fingerprint density at radius 2 is 1.62 bits per heavy atom. The van der Waals surface area contributed by atoms with Gasteiger partial charge in [0.05, 0.1) is 28.9 Å². The maximum absolute atomic E-state index is 15.2. The third-order valence-corrected chi connectivity index (χ3v) is 12.1. The molecule has 2 fully saturated rings. The lowest BCUT2D eigenvalue weighted by atomic mass is 9.81. The molecule has 1 saturated carbocycles. The van der Waals surface area contributed by atoms with Crippen LogP contribution in [0.4, 0.5) is 4.39 Å². The van der Waals surface area contributed by atoms with E-state index in [0.717, 1.165) is 25.7 Å². The first-order chi connectivity index (χ1) is 13.1. The molecule has 1 saturated heterocycles. The lowest BCUT2D eigenvalue weighted by Crippen LogP contribution is -2.44. The van der Waals surface area contributed by atoms with Crippen LogP contribution in [0.3, 0.4) is 0 Å². The number of hydrogen-bond acceptors (Lipinski definition) is 4. The average Bonchev–Trinajstić information content (AvgIpc) is 3.03. The molecule has 29 heavy (non-hydrogen) atoms. The van der Waals surface area contributed by atoms with Crippen molar-refractivity contribution in [1.29, 1.82) is 0 Å². The van der Waals surface area contributed by atoms with Gasteiger partial charge in [0, 0.05) is 6.10 Å². The smallest absolute Gasteiger partial charge is 0.414 e. The fourth-order valence-electron chi connectivity index (χ4n) is 3.74. The number of aromatic nitrogens is 2. The molecule has 1 aliphatic carbocycles. The summed E-state index contributed by atoms with van der Waals surface area (Å²) in [5.41, 5.74) is -0.597. The Morgan fingerprint density at radius 3 is 2.10 bits per heavy atom. The van der Waals surface area contributed by atoms with Crippen LogP contribution in [0, 0.1) is 5.95 Å². The summed E-state index contributed by atoms with van der Waals surface area (Å²) in [7, 11) is -2.49. The van der Waals surface area contributed by atoms with Gasteiger partial charge < -0.3 is 13.7 Å². The van der Waals surface area contributed by atoms with E-state index in [1.54, 1.807) is 6.20 Å². The molecule has 1 aliphatic heterocycles. The molecule has 0 amide bonds. The van der Waals surface area contributed by atoms with E-state index in [0.29, 0.717) is 5.46 Å². The fraction of sp³-hybridized carbons (Fsp3) is 0.857. The average molecular weight is 424 g/mol. The second-order valence-corrected chi connectivity index (χ2v) is 16.0. The normalized spacial score (nSPS) is 27.4. The lowest BCUT2D eigenvalue weighted by Gasteiger charge is -2.41. The van der Waals surface area contributed by atoms with Crippen molar-refractivity contribution in [3.05, 3.63) is 12.1 Å². The molecule has 2 aliphatic rings. The van der Waals surface area contributed by atoms with Gasteiger partial charge in [0.25, 0.3) is 0 Å². The van der Waals surface area contributed by atoms with Crippen LogP contribution < -0.4 is 5.46 Å². The quantitative estimate of drug-likeness (QED) is 0.650. The Labute approximate surface area is 176 Å². The summed E-state index contributed by atoms with van der Waals surface area (Å²) >= 11 is 0. The van der Waals surface area contributed by atoms with Gasteiger partial charge in [-0.3, -0.25) is 0 Å². The number of nitrogens with zero attached hydrogens (tertiary/aromatic N) is 2. The third-order valence-electron chi connectivity index (χ3n) is 7.52. The first-order valence-electron chi connectivity index (χ1n) is 10.9. The minimum absolute atomic E-state index is 0.0606. The van der Waals surface area contributed by atoms with Crippen molar-refractivity contribution in [2.75, 3.05) is 0 Å². The zero-order valence-electron chi connectivity index (χ0n) is 19.6. The van der Waals surface area contributed by atoms with Crippen LogP contribution in [0.15, 0.2) is 6.20 Å². The molecule has 2 heterocycles. The predicted molar refractivity (Wildman–Crippen MR) is 117 cm³/mol. The van der Waals surface area contributed by atoms with Crippen molar-refractivity contribution in [2.24, 2.45) is 0 Å². The van der Waals surface area contributed by atoms with E-state index in [-0.39, 0.29) is 23.1 Å². The van der Waals surface area contributed by atoms with Gasteiger partial charge >= 0.3 is 7.12 Å². The van der Waals surface area contributed by atoms with Gasteiger partial charge in [-0.05, 0) is 71.5 Å². The Kier molecular flexibility index (Phi) is 5.91. The summed E-state index contributed by atoms with van der Waals surface area (Å²) in [6.45, 7) is 19.3. The lowest BCUT2D eigenvalue weighted by molar-refractivity contribution is 0.00578. The van der Waals surface area contributed by atoms with Crippen molar-refractivity contribution >= 4 is 20.9 Å². The van der Waals surface area contributed by atoms with Crippen LogP contribution in [0.5, 0.6) is 0 Å². The Hall–Kier alpha value is -0.698. The van der Waals surface area contributed by atoms with Crippen molar-refractivity contribution in [3.63, 3.8) is 0 Å². The Bertz CT molecular complexity index is 721. The molecule has 3 rings (SSSR count). The van der Waals surface area contributed by atoms with Gasteiger partial charge in [0.15, 0.2) is 8.32 Å². The highest BCUT2D eigenvalue weighted by Crippen LogP contribution is 2.40. The van der Waals surface area contributed by atoms with Crippen molar-refractivity contribution in [3.8, 4) is 0 Å². The van der Waals surface area contributed by atoms with Crippen LogP contribution in [0.2, 0.25) is 18.1 Å². The van der Waals surface area contributed by atoms with Gasteiger partial charge in [0.1, 0.15) is 0 Å². The maximum atomic E-state index is 15.2. The highest BCUT2D eigenvalue weighted by molar-refractivity contribution is 6.74. The Morgan fingerprint density at radius 1 is 1.10 bits per heavy atom. The van der Waals surface area contributed by atoms with Gasteiger partial charge in [0.2, 0.25) is 5.95 Å². The molecule has 0 aromatic carbocycles. The van der Waals surface area contributed by atoms with Gasteiger partial charge in [-0.1, -0.05) is 20.8 Å². The minimum atomic E-state index is -1.78. The number of rotatable bonds is 4. The van der Waals surface area contributed by atoms with E-state index in [1.807, 2.05) is 27.7 Å². The third kappa shape index (κ3) is 4.36. The highest BCUT2D eigenvalue weighted by atomic mass is 28.4. The van der Waals surface area contributed by atoms with E-state index in [1.165, 1.54) is 4.68 Å². The molecule has 0 atom stereocenters. The van der Waals surface area contributed by atoms with E-state index in [2.05, 4.69) is 39.0 Å². The van der Waals surface area contributed by atoms with Crippen molar-refractivity contribution in [1.82, 2.24) is 9.78 Å². The van der Waals surface area contributed by atoms with Crippen LogP contribution in [0.25, 0.3) is 0 Å². The first-order valence-corrected chi connectivity index (χ1v) is 13.8. The van der Waals surface area contributed by atoms with Gasteiger partial charge in [-0.25, -0.2) is 4.68 Å². The topological polar surface area (TPSA) is 45.5 Å². The molecule has 164 valence electrons. The zero-order chi connectivity index (χ0) is 21.8. The van der Waals surface area contributed by atoms with Crippen molar-refractivity contribution < 1.29 is 18.1 Å². The standard InChI is InChI=1S/C21H38BFN2O3Si/c1-19(2,3)29(8,9)26-16-12-10-15(11-13-16)25-18(23)17(14-24-25)22-27-20(4,5)21(6,7)28-22/h14-16H,10-13H2,1-9H3/t15-,16-. The largest absolute Gasteiger partial charge is 0.501 e. The summed E-state index contributed by atoms with van der Waals surface area (Å²) in [6, 6.07) is 0.0606. The highest BCUT2D eigenvalue weighted by Gasteiger charge is 2.53. The maximum Gasteiger partial charge on any atom is 0.501 e. The van der Waals surface area contributed by atoms with Crippen LogP contribution >= 0.6 is 0 Å². The molecule has 0 bridgehead atoms. The summed E-state index contributed by atoms with van der Waals surface area (Å²) in [4.78, 5) is 0. The minimum Gasteiger partial charge on any atom is -0.414 e. The SMILES string of the molecule is CC1(C)OB(c2cnn([C@H]3CC[C@H](O[Si](C)(C)C(C)(C)C)CC3)c2F)OC1(C)C. The van der Waals surface area contributed by atoms with Crippen LogP contribution in [-0.4, -0.2) is 42.5 Å². The summed E-state index contributed by atoms with van der Waals surface area (Å²) in [5, 5.41) is 4.57. The number of hydrogen-bond donors (Lipinski definition) is 0. The van der Waals surface area contributed by atoms with Crippen LogP contribution in [-0.2, 0) is 13.7 Å². The summed E-state index contributed by atoms with van der Waals surface area (Å²) < 4.78 is 35.3. The molecular formula is C21H38BFN2O3Si. The summed E-state index contributed by atoms with van der Waals surface area (Å²) in [6.07, 6.45) is 5.48. The molecule has 0 N–H and O–H groups in total. The zero-order valence-corrected chi connectivity index (χ0v) is 20.6. The second kappa shape index (κ2) is 7.46. The molecule has 0 spiro atoms. The molecule has 0 unspecified atom stereocenters. The molecule has 5 nitrogen and oxygen atoms in total. The number of halogens is 1. The molecule has 1 aromatic heterocycles. The van der Waals surface area contributed by atoms with E-state index in [9.17, 15) is 0 Å². The van der Waals surface area contributed by atoms with E-state index >= 15 is 4.39 Å². The first kappa shape index (κ1) is 23.0. The molecule has 0 radical (unpaired) electrons. The van der Waals surface area contributed by atoms with E-state index < -0.39 is 26.6 Å². The van der Waals surface area contributed by atoms with Gasteiger partial charge in [-0.2, -0.15) is 9.49 Å². The van der Waals surface area contributed by atoms with Gasteiger partial charge in [-0.15, -0.1) is 0 Å².